The van der Waals surface area contributed by atoms with Crippen molar-refractivity contribution in [3.63, 3.8) is 0 Å². The van der Waals surface area contributed by atoms with Crippen molar-refractivity contribution in [1.29, 1.82) is 0 Å². The average Bonchev–Trinajstić information content (AvgIpc) is 3.10. The van der Waals surface area contributed by atoms with Crippen LogP contribution in [0.5, 0.6) is 0 Å². The van der Waals surface area contributed by atoms with Gasteiger partial charge in [0.25, 0.3) is 0 Å². The van der Waals surface area contributed by atoms with E-state index >= 15 is 0 Å². The van der Waals surface area contributed by atoms with E-state index in [2.05, 4.69) is 34.6 Å². The zero-order chi connectivity index (χ0) is 23.1. The summed E-state index contributed by atoms with van der Waals surface area (Å²) in [5, 5.41) is 10.8. The summed E-state index contributed by atoms with van der Waals surface area (Å²) in [5.41, 5.74) is 0.672. The molecule has 186 valence electrons. The zero-order valence-corrected chi connectivity index (χ0v) is 22.3. The Hall–Kier alpha value is -0.0800. The molecule has 0 saturated heterocycles. The average molecular weight is 447 g/mol. The van der Waals surface area contributed by atoms with Crippen molar-refractivity contribution in [3.05, 3.63) is 0 Å². The van der Waals surface area contributed by atoms with Gasteiger partial charge >= 0.3 is 0 Å². The SMILES string of the molecule is COCCC[C@H](C)CC[C@@H](C)C1CCC2C3CCC4C[C@@](C)(O)CCC4(C)C3CCC21C. The third kappa shape index (κ3) is 4.58. The Balaban J connectivity index is 1.38. The van der Waals surface area contributed by atoms with Gasteiger partial charge in [0.1, 0.15) is 0 Å². The van der Waals surface area contributed by atoms with E-state index in [1.807, 2.05) is 7.11 Å². The van der Waals surface area contributed by atoms with Gasteiger partial charge in [0.05, 0.1) is 5.60 Å². The Morgan fingerprint density at radius 1 is 0.844 bits per heavy atom. The van der Waals surface area contributed by atoms with Gasteiger partial charge in [-0.25, -0.2) is 0 Å². The molecule has 0 aromatic heterocycles. The fourth-order valence-electron chi connectivity index (χ4n) is 9.88. The highest BCUT2D eigenvalue weighted by Gasteiger charge is 2.61. The maximum Gasteiger partial charge on any atom is 0.0622 e. The van der Waals surface area contributed by atoms with E-state index in [1.54, 1.807) is 0 Å². The van der Waals surface area contributed by atoms with Crippen LogP contribution in [0.1, 0.15) is 118 Å². The molecular weight excluding hydrogens is 392 g/mol. The van der Waals surface area contributed by atoms with Crippen molar-refractivity contribution in [2.45, 2.75) is 124 Å². The maximum absolute atomic E-state index is 10.8. The monoisotopic (exact) mass is 446 g/mol. The van der Waals surface area contributed by atoms with Gasteiger partial charge in [-0.05, 0) is 130 Å². The van der Waals surface area contributed by atoms with Crippen LogP contribution in [0.4, 0.5) is 0 Å². The van der Waals surface area contributed by atoms with E-state index in [9.17, 15) is 5.11 Å². The summed E-state index contributed by atoms with van der Waals surface area (Å²) < 4.78 is 5.25. The number of ether oxygens (including phenoxy) is 1. The summed E-state index contributed by atoms with van der Waals surface area (Å²) in [4.78, 5) is 0. The molecule has 4 fully saturated rings. The summed E-state index contributed by atoms with van der Waals surface area (Å²) in [7, 11) is 1.82. The lowest BCUT2D eigenvalue weighted by atomic mass is 9.43. The zero-order valence-electron chi connectivity index (χ0n) is 22.3. The van der Waals surface area contributed by atoms with Gasteiger partial charge in [-0.2, -0.15) is 0 Å². The van der Waals surface area contributed by atoms with Crippen molar-refractivity contribution in [3.8, 4) is 0 Å². The maximum atomic E-state index is 10.8. The van der Waals surface area contributed by atoms with Crippen molar-refractivity contribution < 1.29 is 9.84 Å². The van der Waals surface area contributed by atoms with Crippen LogP contribution in [0.25, 0.3) is 0 Å². The number of rotatable bonds is 8. The molecule has 0 aromatic rings. The predicted molar refractivity (Wildman–Crippen MR) is 135 cm³/mol. The van der Waals surface area contributed by atoms with Gasteiger partial charge in [0.15, 0.2) is 0 Å². The molecule has 0 aromatic carbocycles. The molecule has 4 aliphatic rings. The molecule has 10 atom stereocenters. The smallest absolute Gasteiger partial charge is 0.0622 e. The standard InChI is InChI=1S/C30H54O2/c1-21(8-7-19-32-6)9-10-22(2)25-13-14-26-24-12-11-23-20-28(3,31)17-18-29(23,4)27(24)15-16-30(25,26)5/h21-27,31H,7-20H2,1-6H3/t21-,22+,23?,24?,25?,26?,27?,28-,29?,30?/m0/s1. The Labute approximate surface area is 199 Å². The summed E-state index contributed by atoms with van der Waals surface area (Å²) in [6.07, 6.45) is 17.4. The molecule has 2 nitrogen and oxygen atoms in total. The number of hydrogen-bond donors (Lipinski definition) is 1. The Morgan fingerprint density at radius 3 is 2.34 bits per heavy atom. The lowest BCUT2D eigenvalue weighted by molar-refractivity contribution is -0.148. The molecule has 0 heterocycles. The second kappa shape index (κ2) is 9.52. The second-order valence-corrected chi connectivity index (χ2v) is 13.9. The molecule has 0 bridgehead atoms. The second-order valence-electron chi connectivity index (χ2n) is 13.9. The van der Waals surface area contributed by atoms with E-state index in [4.69, 9.17) is 4.74 Å². The first-order valence-electron chi connectivity index (χ1n) is 14.3. The van der Waals surface area contributed by atoms with E-state index in [-0.39, 0.29) is 0 Å². The minimum Gasteiger partial charge on any atom is -0.390 e. The Kier molecular flexibility index (Phi) is 7.45. The summed E-state index contributed by atoms with van der Waals surface area (Å²) in [6.45, 7) is 13.4. The number of fused-ring (bicyclic) bond motifs is 5. The normalized spacial score (nSPS) is 47.9. The first kappa shape index (κ1) is 25.0. The highest BCUT2D eigenvalue weighted by molar-refractivity contribution is 5.10. The lowest BCUT2D eigenvalue weighted by Crippen LogP contribution is -2.55. The quantitative estimate of drug-likeness (QED) is 0.384. The molecule has 2 heteroatoms. The third-order valence-electron chi connectivity index (χ3n) is 11.9. The molecule has 0 radical (unpaired) electrons. The van der Waals surface area contributed by atoms with Gasteiger partial charge in [0, 0.05) is 13.7 Å². The number of methoxy groups -OCH3 is 1. The Bertz CT molecular complexity index is 628. The van der Waals surface area contributed by atoms with Crippen molar-refractivity contribution >= 4 is 0 Å². The molecule has 32 heavy (non-hydrogen) atoms. The van der Waals surface area contributed by atoms with E-state index in [0.717, 1.165) is 60.9 Å². The van der Waals surface area contributed by atoms with Crippen molar-refractivity contribution in [2.24, 2.45) is 52.3 Å². The van der Waals surface area contributed by atoms with E-state index in [1.165, 1.54) is 70.6 Å². The molecule has 4 rings (SSSR count). The van der Waals surface area contributed by atoms with Gasteiger partial charge in [-0.3, -0.25) is 0 Å². The van der Waals surface area contributed by atoms with Crippen LogP contribution in [0, 0.1) is 52.3 Å². The van der Waals surface area contributed by atoms with E-state index < -0.39 is 5.60 Å². The molecular formula is C30H54O2. The highest BCUT2D eigenvalue weighted by atomic mass is 16.5. The van der Waals surface area contributed by atoms with Gasteiger partial charge < -0.3 is 9.84 Å². The summed E-state index contributed by atoms with van der Waals surface area (Å²) >= 11 is 0. The molecule has 4 saturated carbocycles. The molecule has 0 spiro atoms. The van der Waals surface area contributed by atoms with Crippen LogP contribution in [-0.2, 0) is 4.74 Å². The number of aliphatic hydroxyl groups is 1. The molecule has 0 amide bonds. The first-order chi connectivity index (χ1) is 15.1. The van der Waals surface area contributed by atoms with Crippen LogP contribution >= 0.6 is 0 Å². The van der Waals surface area contributed by atoms with Gasteiger partial charge in [-0.15, -0.1) is 0 Å². The van der Waals surface area contributed by atoms with Crippen LogP contribution in [0.15, 0.2) is 0 Å². The van der Waals surface area contributed by atoms with Gasteiger partial charge in [0.2, 0.25) is 0 Å². The third-order valence-corrected chi connectivity index (χ3v) is 11.9. The van der Waals surface area contributed by atoms with Crippen LogP contribution in [-0.4, -0.2) is 24.4 Å². The largest absolute Gasteiger partial charge is 0.390 e. The topological polar surface area (TPSA) is 29.5 Å². The lowest BCUT2D eigenvalue weighted by Gasteiger charge is -2.62. The first-order valence-corrected chi connectivity index (χ1v) is 14.3. The highest BCUT2D eigenvalue weighted by Crippen LogP contribution is 2.68. The van der Waals surface area contributed by atoms with Crippen molar-refractivity contribution in [2.75, 3.05) is 13.7 Å². The molecule has 4 aliphatic carbocycles. The summed E-state index contributed by atoms with van der Waals surface area (Å²) in [5.74, 6) is 6.27. The Morgan fingerprint density at radius 2 is 1.59 bits per heavy atom. The minimum absolute atomic E-state index is 0.408. The van der Waals surface area contributed by atoms with Crippen LogP contribution < -0.4 is 0 Å². The minimum atomic E-state index is -0.408. The molecule has 1 N–H and O–H groups in total. The van der Waals surface area contributed by atoms with Crippen LogP contribution in [0.2, 0.25) is 0 Å². The number of hydrogen-bond acceptors (Lipinski definition) is 2. The van der Waals surface area contributed by atoms with Crippen molar-refractivity contribution in [1.82, 2.24) is 0 Å². The van der Waals surface area contributed by atoms with Crippen LogP contribution in [0.3, 0.4) is 0 Å². The summed E-state index contributed by atoms with van der Waals surface area (Å²) in [6, 6.07) is 0. The predicted octanol–water partition coefficient (Wildman–Crippen LogP) is 7.88. The fraction of sp³-hybridized carbons (Fsp3) is 1.00. The van der Waals surface area contributed by atoms with Gasteiger partial charge in [-0.1, -0.05) is 40.5 Å². The molecule has 7 unspecified atom stereocenters. The fourth-order valence-corrected chi connectivity index (χ4v) is 9.88. The molecule has 0 aliphatic heterocycles. The van der Waals surface area contributed by atoms with E-state index in [0.29, 0.717) is 10.8 Å².